The van der Waals surface area contributed by atoms with Crippen LogP contribution in [0.4, 0.5) is 5.69 Å². The maximum atomic E-state index is 2.26. The Labute approximate surface area is 126 Å². The number of rotatable bonds is 4. The fourth-order valence-corrected chi connectivity index (χ4v) is 2.48. The molecule has 1 heteroatoms. The van der Waals surface area contributed by atoms with Gasteiger partial charge in [-0.15, -0.1) is 0 Å². The Kier molecular flexibility index (Phi) is 4.02. The molecule has 0 atom stereocenters. The molecule has 0 fully saturated rings. The average Bonchev–Trinajstić information content (AvgIpc) is 2.57. The van der Waals surface area contributed by atoms with Crippen LogP contribution in [0.2, 0.25) is 0 Å². The summed E-state index contributed by atoms with van der Waals surface area (Å²) in [6.07, 6.45) is 0. The van der Waals surface area contributed by atoms with Crippen LogP contribution in [0.15, 0.2) is 84.9 Å². The van der Waals surface area contributed by atoms with Gasteiger partial charge in [-0.25, -0.2) is 0 Å². The molecule has 0 bridgehead atoms. The molecule has 0 saturated carbocycles. The quantitative estimate of drug-likeness (QED) is 0.647. The first-order valence-corrected chi connectivity index (χ1v) is 7.23. The highest BCUT2D eigenvalue weighted by Gasteiger charge is 2.02. The molecule has 0 aliphatic carbocycles. The number of hydrogen-bond donors (Lipinski definition) is 0. The summed E-state index contributed by atoms with van der Waals surface area (Å²) in [4.78, 5) is 2.26. The number of nitrogens with zero attached hydrogens (tertiary/aromatic N) is 1. The van der Waals surface area contributed by atoms with Gasteiger partial charge in [0.1, 0.15) is 0 Å². The molecule has 104 valence electrons. The lowest BCUT2D eigenvalue weighted by atomic mass is 10.0. The Morgan fingerprint density at radius 3 is 1.76 bits per heavy atom. The number of benzene rings is 3. The third kappa shape index (κ3) is 3.32. The van der Waals surface area contributed by atoms with E-state index in [9.17, 15) is 0 Å². The van der Waals surface area contributed by atoms with Crippen LogP contribution in [-0.2, 0) is 6.54 Å². The number of hydrogen-bond acceptors (Lipinski definition) is 1. The Balaban J connectivity index is 1.73. The summed E-state index contributed by atoms with van der Waals surface area (Å²) in [5, 5.41) is 0. The molecule has 0 aliphatic rings. The van der Waals surface area contributed by atoms with Crippen molar-refractivity contribution >= 4 is 5.69 Å². The van der Waals surface area contributed by atoms with Gasteiger partial charge < -0.3 is 4.90 Å². The minimum atomic E-state index is 0.916. The van der Waals surface area contributed by atoms with Crippen LogP contribution in [0.25, 0.3) is 11.1 Å². The number of anilines is 1. The van der Waals surface area contributed by atoms with Crippen molar-refractivity contribution in [3.05, 3.63) is 90.5 Å². The van der Waals surface area contributed by atoms with E-state index in [1.807, 2.05) is 12.1 Å². The first-order valence-electron chi connectivity index (χ1n) is 7.23. The molecular weight excluding hydrogens is 254 g/mol. The molecule has 3 aromatic carbocycles. The molecule has 1 nitrogen and oxygen atoms in total. The predicted octanol–water partition coefficient (Wildman–Crippen LogP) is 4.99. The lowest BCUT2D eigenvalue weighted by Gasteiger charge is -2.19. The van der Waals surface area contributed by atoms with Crippen LogP contribution < -0.4 is 4.90 Å². The van der Waals surface area contributed by atoms with Crippen LogP contribution in [0.5, 0.6) is 0 Å². The van der Waals surface area contributed by atoms with Crippen molar-refractivity contribution in [3.63, 3.8) is 0 Å². The van der Waals surface area contributed by atoms with Gasteiger partial charge in [0.05, 0.1) is 0 Å². The zero-order chi connectivity index (χ0) is 14.5. The highest BCUT2D eigenvalue weighted by atomic mass is 15.1. The van der Waals surface area contributed by atoms with Crippen LogP contribution in [0.1, 0.15) is 5.56 Å². The molecule has 0 saturated heterocycles. The molecule has 3 rings (SSSR count). The summed E-state index contributed by atoms with van der Waals surface area (Å²) in [7, 11) is 2.13. The Hall–Kier alpha value is -2.54. The monoisotopic (exact) mass is 273 g/mol. The van der Waals surface area contributed by atoms with Crippen molar-refractivity contribution in [1.82, 2.24) is 0 Å². The third-order valence-electron chi connectivity index (χ3n) is 3.68. The van der Waals surface area contributed by atoms with Crippen molar-refractivity contribution in [2.75, 3.05) is 11.9 Å². The summed E-state index contributed by atoms with van der Waals surface area (Å²) >= 11 is 0. The molecule has 0 heterocycles. The van der Waals surface area contributed by atoms with E-state index in [1.54, 1.807) is 0 Å². The maximum Gasteiger partial charge on any atom is 0.0426 e. The van der Waals surface area contributed by atoms with E-state index in [4.69, 9.17) is 0 Å². The van der Waals surface area contributed by atoms with Crippen molar-refractivity contribution < 1.29 is 0 Å². The fourth-order valence-electron chi connectivity index (χ4n) is 2.48. The largest absolute Gasteiger partial charge is 0.370 e. The summed E-state index contributed by atoms with van der Waals surface area (Å²) in [5.74, 6) is 0. The van der Waals surface area contributed by atoms with Crippen molar-refractivity contribution in [2.24, 2.45) is 0 Å². The normalized spacial score (nSPS) is 10.3. The zero-order valence-electron chi connectivity index (χ0n) is 12.2. The van der Waals surface area contributed by atoms with Crippen LogP contribution >= 0.6 is 0 Å². The summed E-state index contributed by atoms with van der Waals surface area (Å²) in [6.45, 7) is 0.916. The van der Waals surface area contributed by atoms with E-state index in [0.29, 0.717) is 0 Å². The number of para-hydroxylation sites is 1. The highest BCUT2D eigenvalue weighted by Crippen LogP contribution is 2.20. The highest BCUT2D eigenvalue weighted by molar-refractivity contribution is 5.63. The van der Waals surface area contributed by atoms with Gasteiger partial charge in [0.25, 0.3) is 0 Å². The van der Waals surface area contributed by atoms with Gasteiger partial charge in [0.15, 0.2) is 0 Å². The van der Waals surface area contributed by atoms with Gasteiger partial charge in [-0.1, -0.05) is 72.8 Å². The molecule has 0 aromatic heterocycles. The minimum Gasteiger partial charge on any atom is -0.370 e. The molecule has 0 aliphatic heterocycles. The fraction of sp³-hybridized carbons (Fsp3) is 0.100. The van der Waals surface area contributed by atoms with E-state index in [0.717, 1.165) is 6.54 Å². The van der Waals surface area contributed by atoms with Crippen LogP contribution in [0.3, 0.4) is 0 Å². The predicted molar refractivity (Wildman–Crippen MR) is 90.4 cm³/mol. The molecule has 3 aromatic rings. The summed E-state index contributed by atoms with van der Waals surface area (Å²) in [6, 6.07) is 29.8. The first kappa shape index (κ1) is 13.4. The standard InChI is InChI=1S/C20H19N/c1-21(20-10-6-3-7-11-20)16-17-12-14-19(15-13-17)18-8-4-2-5-9-18/h2-15H,16H2,1H3. The second-order valence-corrected chi connectivity index (χ2v) is 5.25. The van der Waals surface area contributed by atoms with Crippen LogP contribution in [-0.4, -0.2) is 7.05 Å². The molecule has 21 heavy (non-hydrogen) atoms. The summed E-state index contributed by atoms with van der Waals surface area (Å²) < 4.78 is 0. The van der Waals surface area contributed by atoms with Gasteiger partial charge >= 0.3 is 0 Å². The molecule has 0 spiro atoms. The van der Waals surface area contributed by atoms with Gasteiger partial charge in [-0.3, -0.25) is 0 Å². The van der Waals surface area contributed by atoms with Crippen LogP contribution in [0, 0.1) is 0 Å². The Bertz CT molecular complexity index is 672. The summed E-state index contributed by atoms with van der Waals surface area (Å²) in [5.41, 5.74) is 5.09. The second-order valence-electron chi connectivity index (χ2n) is 5.25. The van der Waals surface area contributed by atoms with E-state index in [1.165, 1.54) is 22.4 Å². The van der Waals surface area contributed by atoms with E-state index in [2.05, 4.69) is 84.7 Å². The Morgan fingerprint density at radius 2 is 1.14 bits per heavy atom. The van der Waals surface area contributed by atoms with E-state index < -0.39 is 0 Å². The van der Waals surface area contributed by atoms with Crippen molar-refractivity contribution in [1.29, 1.82) is 0 Å². The maximum absolute atomic E-state index is 2.26. The topological polar surface area (TPSA) is 3.24 Å². The van der Waals surface area contributed by atoms with Gasteiger partial charge in [-0.05, 0) is 28.8 Å². The molecule has 0 radical (unpaired) electrons. The van der Waals surface area contributed by atoms with Crippen molar-refractivity contribution in [3.8, 4) is 11.1 Å². The van der Waals surface area contributed by atoms with Crippen molar-refractivity contribution in [2.45, 2.75) is 6.54 Å². The van der Waals surface area contributed by atoms with Gasteiger partial charge in [0.2, 0.25) is 0 Å². The molecular formula is C20H19N. The van der Waals surface area contributed by atoms with E-state index >= 15 is 0 Å². The van der Waals surface area contributed by atoms with Gasteiger partial charge in [-0.2, -0.15) is 0 Å². The first-order chi connectivity index (χ1) is 10.3. The van der Waals surface area contributed by atoms with Gasteiger partial charge in [0, 0.05) is 19.3 Å². The molecule has 0 N–H and O–H groups in total. The SMILES string of the molecule is CN(Cc1ccc(-c2ccccc2)cc1)c1ccccc1. The smallest absolute Gasteiger partial charge is 0.0426 e. The molecule has 0 amide bonds. The Morgan fingerprint density at radius 1 is 0.619 bits per heavy atom. The van der Waals surface area contributed by atoms with E-state index in [-0.39, 0.29) is 0 Å². The zero-order valence-corrected chi connectivity index (χ0v) is 12.2. The average molecular weight is 273 g/mol. The third-order valence-corrected chi connectivity index (χ3v) is 3.68. The molecule has 0 unspecified atom stereocenters. The lowest BCUT2D eigenvalue weighted by Crippen LogP contribution is -2.15. The minimum absolute atomic E-state index is 0.916. The lowest BCUT2D eigenvalue weighted by molar-refractivity contribution is 0.923. The second kappa shape index (κ2) is 6.27.